The summed E-state index contributed by atoms with van der Waals surface area (Å²) in [7, 11) is -1.33. The Kier molecular flexibility index (Phi) is 4.07. The molecule has 0 saturated heterocycles. The molecule has 0 radical (unpaired) electrons. The van der Waals surface area contributed by atoms with Crippen LogP contribution in [0.1, 0.15) is 20.8 Å². The lowest BCUT2D eigenvalue weighted by atomic mass is 10.1. The average Bonchev–Trinajstić information content (AvgIpc) is 2.45. The standard InChI is InChI=1S/C16H23NSi/c1-4-18(5-2,6-3)17-16-13-9-11-14-10-7-8-12-15(14)16/h7-13,17H,4-6H2,1-3H3. The minimum Gasteiger partial charge on any atom is -0.410 e. The van der Waals surface area contributed by atoms with Crippen molar-refractivity contribution in [3.63, 3.8) is 0 Å². The van der Waals surface area contributed by atoms with Crippen molar-refractivity contribution in [1.82, 2.24) is 0 Å². The van der Waals surface area contributed by atoms with Crippen molar-refractivity contribution in [3.8, 4) is 0 Å². The fourth-order valence-corrected chi connectivity index (χ4v) is 5.45. The highest BCUT2D eigenvalue weighted by Crippen LogP contribution is 2.28. The highest BCUT2D eigenvalue weighted by Gasteiger charge is 2.27. The fraction of sp³-hybridized carbons (Fsp3) is 0.375. The van der Waals surface area contributed by atoms with Crippen LogP contribution in [0.4, 0.5) is 5.69 Å². The fourth-order valence-electron chi connectivity index (χ4n) is 2.64. The molecule has 18 heavy (non-hydrogen) atoms. The van der Waals surface area contributed by atoms with Crippen LogP contribution in [-0.2, 0) is 0 Å². The first-order valence-electron chi connectivity index (χ1n) is 7.00. The minimum absolute atomic E-state index is 1.29. The van der Waals surface area contributed by atoms with Crippen molar-refractivity contribution in [2.75, 3.05) is 4.98 Å². The SMILES string of the molecule is CC[Si](CC)(CC)Nc1cccc2ccccc12. The Morgan fingerprint density at radius 1 is 0.833 bits per heavy atom. The molecule has 0 aliphatic carbocycles. The Bertz CT molecular complexity index is 504. The normalized spacial score (nSPS) is 11.7. The van der Waals surface area contributed by atoms with Crippen LogP contribution in [0, 0.1) is 0 Å². The predicted molar refractivity (Wildman–Crippen MR) is 84.8 cm³/mol. The van der Waals surface area contributed by atoms with Crippen molar-refractivity contribution in [2.45, 2.75) is 38.9 Å². The molecule has 0 aromatic heterocycles. The molecule has 2 aromatic rings. The highest BCUT2D eigenvalue weighted by molar-refractivity contribution is 6.82. The first-order valence-corrected chi connectivity index (χ1v) is 9.62. The highest BCUT2D eigenvalue weighted by atomic mass is 28.3. The van der Waals surface area contributed by atoms with Crippen LogP contribution in [0.25, 0.3) is 10.8 Å². The molecule has 0 heterocycles. The molecule has 1 N–H and O–H groups in total. The van der Waals surface area contributed by atoms with Gasteiger partial charge in [-0.1, -0.05) is 57.2 Å². The van der Waals surface area contributed by atoms with Gasteiger partial charge in [0.2, 0.25) is 0 Å². The summed E-state index contributed by atoms with van der Waals surface area (Å²) >= 11 is 0. The molecular formula is C16H23NSi. The zero-order chi connectivity index (χ0) is 13.0. The summed E-state index contributed by atoms with van der Waals surface area (Å²) in [5, 5.41) is 2.68. The maximum atomic E-state index is 3.92. The van der Waals surface area contributed by atoms with E-state index in [1.165, 1.54) is 34.6 Å². The lowest BCUT2D eigenvalue weighted by Gasteiger charge is -2.30. The average molecular weight is 257 g/mol. The van der Waals surface area contributed by atoms with E-state index in [9.17, 15) is 0 Å². The van der Waals surface area contributed by atoms with Gasteiger partial charge in [-0.05, 0) is 29.6 Å². The predicted octanol–water partition coefficient (Wildman–Crippen LogP) is 5.26. The van der Waals surface area contributed by atoms with Gasteiger partial charge in [-0.15, -0.1) is 0 Å². The van der Waals surface area contributed by atoms with Gasteiger partial charge >= 0.3 is 0 Å². The summed E-state index contributed by atoms with van der Waals surface area (Å²) in [5.74, 6) is 0. The second-order valence-corrected chi connectivity index (χ2v) is 9.92. The number of nitrogens with one attached hydrogen (secondary N) is 1. The van der Waals surface area contributed by atoms with Gasteiger partial charge in [0, 0.05) is 11.1 Å². The summed E-state index contributed by atoms with van der Waals surface area (Å²) in [4.78, 5) is 3.92. The molecule has 96 valence electrons. The summed E-state index contributed by atoms with van der Waals surface area (Å²) in [6.07, 6.45) is 0. The van der Waals surface area contributed by atoms with E-state index in [2.05, 4.69) is 68.2 Å². The van der Waals surface area contributed by atoms with Crippen molar-refractivity contribution in [2.24, 2.45) is 0 Å². The second-order valence-electron chi connectivity index (χ2n) is 4.99. The smallest absolute Gasteiger partial charge is 0.152 e. The van der Waals surface area contributed by atoms with E-state index in [1.807, 2.05) is 0 Å². The molecule has 0 bridgehead atoms. The van der Waals surface area contributed by atoms with E-state index >= 15 is 0 Å². The zero-order valence-electron chi connectivity index (χ0n) is 11.7. The summed E-state index contributed by atoms with van der Waals surface area (Å²) in [6, 6.07) is 19.1. The lowest BCUT2D eigenvalue weighted by Crippen LogP contribution is -2.41. The molecule has 2 heteroatoms. The molecule has 0 aliphatic heterocycles. The first kappa shape index (κ1) is 13.2. The van der Waals surface area contributed by atoms with Crippen LogP contribution in [0.3, 0.4) is 0 Å². The summed E-state index contributed by atoms with van der Waals surface area (Å²) in [6.45, 7) is 6.99. The maximum Gasteiger partial charge on any atom is 0.152 e. The molecule has 2 rings (SSSR count). The number of anilines is 1. The van der Waals surface area contributed by atoms with Gasteiger partial charge in [0.15, 0.2) is 8.24 Å². The Morgan fingerprint density at radius 3 is 2.11 bits per heavy atom. The molecule has 0 amide bonds. The van der Waals surface area contributed by atoms with E-state index in [-0.39, 0.29) is 0 Å². The van der Waals surface area contributed by atoms with E-state index in [1.54, 1.807) is 0 Å². The maximum absolute atomic E-state index is 3.92. The van der Waals surface area contributed by atoms with Crippen molar-refractivity contribution in [1.29, 1.82) is 0 Å². The van der Waals surface area contributed by atoms with Crippen LogP contribution in [0.15, 0.2) is 42.5 Å². The molecule has 0 atom stereocenters. The molecule has 0 aliphatic rings. The summed E-state index contributed by atoms with van der Waals surface area (Å²) in [5.41, 5.74) is 1.32. The summed E-state index contributed by atoms with van der Waals surface area (Å²) < 4.78 is 0. The molecule has 1 nitrogen and oxygen atoms in total. The van der Waals surface area contributed by atoms with Gasteiger partial charge < -0.3 is 4.98 Å². The second kappa shape index (κ2) is 5.57. The Morgan fingerprint density at radius 2 is 1.44 bits per heavy atom. The first-order chi connectivity index (χ1) is 8.74. The van der Waals surface area contributed by atoms with E-state index < -0.39 is 8.24 Å². The van der Waals surface area contributed by atoms with Crippen LogP contribution < -0.4 is 4.98 Å². The number of rotatable bonds is 5. The molecule has 0 spiro atoms. The topological polar surface area (TPSA) is 12.0 Å². The zero-order valence-corrected chi connectivity index (χ0v) is 12.7. The quantitative estimate of drug-likeness (QED) is 0.721. The van der Waals surface area contributed by atoms with Gasteiger partial charge in [0.1, 0.15) is 0 Å². The minimum atomic E-state index is -1.33. The van der Waals surface area contributed by atoms with Gasteiger partial charge in [-0.3, -0.25) is 0 Å². The van der Waals surface area contributed by atoms with E-state index in [0.717, 1.165) is 0 Å². The lowest BCUT2D eigenvalue weighted by molar-refractivity contribution is 1.17. The van der Waals surface area contributed by atoms with Crippen LogP contribution in [-0.4, -0.2) is 8.24 Å². The third kappa shape index (κ3) is 2.44. The third-order valence-electron chi connectivity index (χ3n) is 4.22. The van der Waals surface area contributed by atoms with E-state index in [0.29, 0.717) is 0 Å². The van der Waals surface area contributed by atoms with Gasteiger partial charge in [0.05, 0.1) is 0 Å². The number of fused-ring (bicyclic) bond motifs is 1. The van der Waals surface area contributed by atoms with Gasteiger partial charge in [-0.25, -0.2) is 0 Å². The Labute approximate surface area is 111 Å². The van der Waals surface area contributed by atoms with Gasteiger partial charge in [-0.2, -0.15) is 0 Å². The molecular weight excluding hydrogens is 234 g/mol. The van der Waals surface area contributed by atoms with Gasteiger partial charge in [0.25, 0.3) is 0 Å². The van der Waals surface area contributed by atoms with Crippen molar-refractivity contribution >= 4 is 24.7 Å². The number of benzene rings is 2. The number of hydrogen-bond donors (Lipinski definition) is 1. The Hall–Kier alpha value is -1.28. The molecule has 0 unspecified atom stereocenters. The van der Waals surface area contributed by atoms with Crippen molar-refractivity contribution < 1.29 is 0 Å². The molecule has 0 fully saturated rings. The van der Waals surface area contributed by atoms with Crippen LogP contribution in [0.5, 0.6) is 0 Å². The third-order valence-corrected chi connectivity index (χ3v) is 9.08. The largest absolute Gasteiger partial charge is 0.410 e. The van der Waals surface area contributed by atoms with E-state index in [4.69, 9.17) is 0 Å². The monoisotopic (exact) mass is 257 g/mol. The van der Waals surface area contributed by atoms with Crippen molar-refractivity contribution in [3.05, 3.63) is 42.5 Å². The Balaban J connectivity index is 2.42. The molecule has 2 aromatic carbocycles. The number of hydrogen-bond acceptors (Lipinski definition) is 1. The van der Waals surface area contributed by atoms with Crippen LogP contribution in [0.2, 0.25) is 18.1 Å². The molecule has 0 saturated carbocycles. The van der Waals surface area contributed by atoms with Crippen LogP contribution >= 0.6 is 0 Å².